The van der Waals surface area contributed by atoms with Crippen LogP contribution in [0.3, 0.4) is 0 Å². The van der Waals surface area contributed by atoms with Crippen molar-refractivity contribution in [2.75, 3.05) is 6.54 Å². The predicted octanol–water partition coefficient (Wildman–Crippen LogP) is 3.70. The molecule has 0 saturated carbocycles. The average Bonchev–Trinajstić information content (AvgIpc) is 2.61. The van der Waals surface area contributed by atoms with Crippen LogP contribution >= 0.6 is 15.9 Å². The van der Waals surface area contributed by atoms with Gasteiger partial charge in [0, 0.05) is 13.1 Å². The summed E-state index contributed by atoms with van der Waals surface area (Å²) in [6, 6.07) is 0.608. The number of rotatable bonds is 8. The molecule has 1 rings (SSSR count). The van der Waals surface area contributed by atoms with E-state index in [0.29, 0.717) is 6.04 Å². The van der Waals surface area contributed by atoms with Crippen molar-refractivity contribution < 1.29 is 0 Å². The molecule has 1 unspecified atom stereocenters. The molecule has 1 heterocycles. The highest BCUT2D eigenvalue weighted by Crippen LogP contribution is 2.23. The van der Waals surface area contributed by atoms with Gasteiger partial charge in [0.1, 0.15) is 0 Å². The Morgan fingerprint density at radius 1 is 1.32 bits per heavy atom. The monoisotopic (exact) mass is 329 g/mol. The Hall–Kier alpha value is -0.350. The summed E-state index contributed by atoms with van der Waals surface area (Å²) in [7, 11) is 2.05. The molecule has 0 aromatic carbocycles. The fraction of sp³-hybridized carbons (Fsp3) is 0.800. The van der Waals surface area contributed by atoms with Crippen molar-refractivity contribution in [3.05, 3.63) is 15.9 Å². The van der Waals surface area contributed by atoms with Crippen molar-refractivity contribution in [3.8, 4) is 0 Å². The summed E-state index contributed by atoms with van der Waals surface area (Å²) in [5.41, 5.74) is 2.49. The Morgan fingerprint density at radius 3 is 2.47 bits per heavy atom. The first kappa shape index (κ1) is 16.7. The van der Waals surface area contributed by atoms with Crippen molar-refractivity contribution in [2.45, 2.75) is 59.4 Å². The number of halogens is 1. The number of aryl methyl sites for hydroxylation is 2. The maximum atomic E-state index is 4.56. The van der Waals surface area contributed by atoms with Gasteiger partial charge < -0.3 is 5.32 Å². The molecule has 4 heteroatoms. The van der Waals surface area contributed by atoms with Crippen LogP contribution in [0.15, 0.2) is 4.47 Å². The van der Waals surface area contributed by atoms with Crippen molar-refractivity contribution >= 4 is 15.9 Å². The first-order chi connectivity index (χ1) is 8.99. The standard InChI is InChI=1S/C15H28BrN3/c1-6-13-15(16)14(19(5)18-13)9-8-12(17-7-2)10-11(3)4/h11-12,17H,6-10H2,1-5H3. The van der Waals surface area contributed by atoms with Crippen LogP contribution in [0.4, 0.5) is 0 Å². The van der Waals surface area contributed by atoms with Gasteiger partial charge >= 0.3 is 0 Å². The Labute approximate surface area is 126 Å². The van der Waals surface area contributed by atoms with Gasteiger partial charge in [-0.25, -0.2) is 0 Å². The van der Waals surface area contributed by atoms with E-state index in [9.17, 15) is 0 Å². The molecular formula is C15H28BrN3. The fourth-order valence-corrected chi connectivity index (χ4v) is 3.38. The van der Waals surface area contributed by atoms with Gasteiger partial charge in [-0.2, -0.15) is 5.10 Å². The molecule has 110 valence electrons. The second-order valence-electron chi connectivity index (χ2n) is 5.61. The van der Waals surface area contributed by atoms with Crippen LogP contribution in [0.1, 0.15) is 51.9 Å². The second-order valence-corrected chi connectivity index (χ2v) is 6.40. The SMILES string of the molecule is CCNC(CCc1c(Br)c(CC)nn1C)CC(C)C. The largest absolute Gasteiger partial charge is 0.314 e. The van der Waals surface area contributed by atoms with Gasteiger partial charge in [-0.05, 0) is 54.1 Å². The lowest BCUT2D eigenvalue weighted by molar-refractivity contribution is 0.402. The fourth-order valence-electron chi connectivity index (χ4n) is 2.56. The van der Waals surface area contributed by atoms with E-state index in [4.69, 9.17) is 0 Å². The van der Waals surface area contributed by atoms with E-state index in [-0.39, 0.29) is 0 Å². The lowest BCUT2D eigenvalue weighted by Gasteiger charge is -2.20. The smallest absolute Gasteiger partial charge is 0.0766 e. The van der Waals surface area contributed by atoms with Gasteiger partial charge in [0.15, 0.2) is 0 Å². The number of nitrogens with one attached hydrogen (secondary N) is 1. The molecule has 1 N–H and O–H groups in total. The first-order valence-electron chi connectivity index (χ1n) is 7.43. The topological polar surface area (TPSA) is 29.9 Å². The lowest BCUT2D eigenvalue weighted by atomic mass is 9.99. The van der Waals surface area contributed by atoms with Gasteiger partial charge in [-0.1, -0.05) is 27.7 Å². The first-order valence-corrected chi connectivity index (χ1v) is 8.22. The van der Waals surface area contributed by atoms with E-state index in [1.54, 1.807) is 0 Å². The Morgan fingerprint density at radius 2 is 2.00 bits per heavy atom. The molecule has 0 fully saturated rings. The van der Waals surface area contributed by atoms with Crippen LogP contribution < -0.4 is 5.32 Å². The van der Waals surface area contributed by atoms with E-state index < -0.39 is 0 Å². The second kappa shape index (κ2) is 8.05. The third-order valence-corrected chi connectivity index (χ3v) is 4.40. The Bertz CT molecular complexity index is 385. The third-order valence-electron chi connectivity index (χ3n) is 3.48. The molecule has 19 heavy (non-hydrogen) atoms. The van der Waals surface area contributed by atoms with Gasteiger partial charge in [-0.3, -0.25) is 4.68 Å². The van der Waals surface area contributed by atoms with Crippen molar-refractivity contribution in [1.82, 2.24) is 15.1 Å². The molecule has 3 nitrogen and oxygen atoms in total. The molecule has 0 radical (unpaired) electrons. The summed E-state index contributed by atoms with van der Waals surface area (Å²) in [5, 5.41) is 8.16. The number of aromatic nitrogens is 2. The zero-order valence-corrected chi connectivity index (χ0v) is 14.5. The minimum Gasteiger partial charge on any atom is -0.314 e. The van der Waals surface area contributed by atoms with Gasteiger partial charge in [0.25, 0.3) is 0 Å². The molecule has 0 aliphatic heterocycles. The number of hydrogen-bond acceptors (Lipinski definition) is 2. The molecule has 1 atom stereocenters. The summed E-state index contributed by atoms with van der Waals surface area (Å²) in [6.45, 7) is 9.96. The van der Waals surface area contributed by atoms with Gasteiger partial charge in [0.05, 0.1) is 15.9 Å². The summed E-state index contributed by atoms with van der Waals surface area (Å²) < 4.78 is 3.23. The van der Waals surface area contributed by atoms with Crippen molar-refractivity contribution in [2.24, 2.45) is 13.0 Å². The van der Waals surface area contributed by atoms with Crippen LogP contribution in [0.25, 0.3) is 0 Å². The van der Waals surface area contributed by atoms with Crippen LogP contribution in [0.5, 0.6) is 0 Å². The van der Waals surface area contributed by atoms with Crippen molar-refractivity contribution in [3.63, 3.8) is 0 Å². The third kappa shape index (κ3) is 4.92. The summed E-state index contributed by atoms with van der Waals surface area (Å²) >= 11 is 3.70. The quantitative estimate of drug-likeness (QED) is 0.788. The number of nitrogens with zero attached hydrogens (tertiary/aromatic N) is 2. The molecule has 1 aromatic rings. The summed E-state index contributed by atoms with van der Waals surface area (Å²) in [5.74, 6) is 0.741. The maximum absolute atomic E-state index is 4.56. The molecule has 1 aromatic heterocycles. The normalized spacial score (nSPS) is 13.2. The highest BCUT2D eigenvalue weighted by molar-refractivity contribution is 9.10. The van der Waals surface area contributed by atoms with E-state index in [1.165, 1.54) is 28.7 Å². The minimum atomic E-state index is 0.608. The van der Waals surface area contributed by atoms with E-state index in [1.807, 2.05) is 11.7 Å². The van der Waals surface area contributed by atoms with Crippen LogP contribution in [-0.2, 0) is 19.9 Å². The molecule has 0 aliphatic carbocycles. The van der Waals surface area contributed by atoms with Crippen LogP contribution in [-0.4, -0.2) is 22.4 Å². The highest BCUT2D eigenvalue weighted by Gasteiger charge is 2.15. The van der Waals surface area contributed by atoms with E-state index in [2.05, 4.69) is 54.0 Å². The zero-order valence-electron chi connectivity index (χ0n) is 13.0. The van der Waals surface area contributed by atoms with E-state index in [0.717, 1.165) is 25.3 Å². The minimum absolute atomic E-state index is 0.608. The van der Waals surface area contributed by atoms with Crippen LogP contribution in [0.2, 0.25) is 0 Å². The maximum Gasteiger partial charge on any atom is 0.0766 e. The van der Waals surface area contributed by atoms with Gasteiger partial charge in [0.2, 0.25) is 0 Å². The summed E-state index contributed by atoms with van der Waals surface area (Å²) in [4.78, 5) is 0. The molecule has 0 amide bonds. The highest BCUT2D eigenvalue weighted by atomic mass is 79.9. The predicted molar refractivity (Wildman–Crippen MR) is 85.5 cm³/mol. The Kier molecular flexibility index (Phi) is 7.08. The van der Waals surface area contributed by atoms with Crippen molar-refractivity contribution in [1.29, 1.82) is 0 Å². The Balaban J connectivity index is 2.65. The molecule has 0 bridgehead atoms. The number of hydrogen-bond donors (Lipinski definition) is 1. The zero-order chi connectivity index (χ0) is 14.4. The van der Waals surface area contributed by atoms with Crippen LogP contribution in [0, 0.1) is 5.92 Å². The molecular weight excluding hydrogens is 302 g/mol. The van der Waals surface area contributed by atoms with E-state index >= 15 is 0 Å². The van der Waals surface area contributed by atoms with Gasteiger partial charge in [-0.15, -0.1) is 0 Å². The molecule has 0 spiro atoms. The average molecular weight is 330 g/mol. The lowest BCUT2D eigenvalue weighted by Crippen LogP contribution is -2.31. The molecule has 0 aliphatic rings. The summed E-state index contributed by atoms with van der Waals surface area (Å²) in [6.07, 6.45) is 4.47. The molecule has 0 saturated heterocycles.